The Balaban J connectivity index is 1.43. The number of fused-ring (bicyclic) bond motifs is 1. The Morgan fingerprint density at radius 2 is 1.80 bits per heavy atom. The number of hydrogen-bond donors (Lipinski definition) is 1. The van der Waals surface area contributed by atoms with Crippen molar-refractivity contribution in [1.82, 2.24) is 4.90 Å². The topological polar surface area (TPSA) is 58.6 Å². The Morgan fingerprint density at radius 3 is 2.49 bits per heavy atom. The average Bonchev–Trinajstić information content (AvgIpc) is 3.73. The van der Waals surface area contributed by atoms with Crippen LogP contribution in [0.5, 0.6) is 5.75 Å². The van der Waals surface area contributed by atoms with E-state index in [9.17, 15) is 14.0 Å². The summed E-state index contributed by atoms with van der Waals surface area (Å²) in [4.78, 5) is 27.9. The molecule has 3 aromatic carbocycles. The first-order valence-corrected chi connectivity index (χ1v) is 12.2. The van der Waals surface area contributed by atoms with Gasteiger partial charge in [0.05, 0.1) is 6.04 Å². The van der Waals surface area contributed by atoms with Crippen molar-refractivity contribution in [2.45, 2.75) is 44.8 Å². The van der Waals surface area contributed by atoms with Gasteiger partial charge in [0.2, 0.25) is 5.91 Å². The van der Waals surface area contributed by atoms with E-state index in [4.69, 9.17) is 4.74 Å². The number of halogens is 1. The molecule has 0 aromatic heterocycles. The molecule has 2 amide bonds. The highest BCUT2D eigenvalue weighted by atomic mass is 19.1. The molecule has 1 saturated carbocycles. The molecule has 5 rings (SSSR count). The summed E-state index contributed by atoms with van der Waals surface area (Å²) in [6.45, 7) is 2.53. The number of carbonyl (C=O) groups excluding carboxylic acids is 2. The van der Waals surface area contributed by atoms with E-state index in [0.717, 1.165) is 41.6 Å². The molecule has 1 heterocycles. The molecule has 2 unspecified atom stereocenters. The van der Waals surface area contributed by atoms with Crippen LogP contribution in [0.25, 0.3) is 0 Å². The van der Waals surface area contributed by atoms with E-state index in [1.165, 1.54) is 12.1 Å². The zero-order valence-corrected chi connectivity index (χ0v) is 19.7. The van der Waals surface area contributed by atoms with Crippen LogP contribution in [-0.2, 0) is 16.0 Å². The van der Waals surface area contributed by atoms with Crippen LogP contribution in [0.4, 0.5) is 10.1 Å². The van der Waals surface area contributed by atoms with Gasteiger partial charge in [-0.1, -0.05) is 43.3 Å². The fraction of sp³-hybridized carbons (Fsp3) is 0.310. The van der Waals surface area contributed by atoms with Gasteiger partial charge in [-0.25, -0.2) is 4.39 Å². The maximum absolute atomic E-state index is 13.7. The van der Waals surface area contributed by atoms with Gasteiger partial charge in [0.15, 0.2) is 6.10 Å². The molecule has 3 aromatic rings. The van der Waals surface area contributed by atoms with E-state index in [2.05, 4.69) is 5.32 Å². The third kappa shape index (κ3) is 5.06. The number of carbonyl (C=O) groups is 2. The number of ether oxygens (including phenoxy) is 1. The van der Waals surface area contributed by atoms with Crippen molar-refractivity contribution in [2.75, 3.05) is 11.9 Å². The van der Waals surface area contributed by atoms with Crippen LogP contribution < -0.4 is 10.1 Å². The van der Waals surface area contributed by atoms with E-state index in [1.807, 2.05) is 60.4 Å². The number of anilines is 1. The standard InChI is InChI=1S/C29H29FN2O3/c1-2-26(28(33)31-23-6-4-3-5-7-23)35-24-15-12-19-16-17-32(29(34)21-8-9-21)27(25(19)18-24)20-10-13-22(30)14-11-20/h3-7,10-15,18,21,26-27H,2,8-9,16-17H2,1H3,(H,31,33). The highest BCUT2D eigenvalue weighted by molar-refractivity contribution is 5.94. The second-order valence-corrected chi connectivity index (χ2v) is 9.24. The third-order valence-corrected chi connectivity index (χ3v) is 6.72. The Labute approximate surface area is 204 Å². The van der Waals surface area contributed by atoms with Crippen molar-refractivity contribution in [3.05, 3.63) is 95.3 Å². The van der Waals surface area contributed by atoms with Crippen molar-refractivity contribution in [3.63, 3.8) is 0 Å². The van der Waals surface area contributed by atoms with Gasteiger partial charge >= 0.3 is 0 Å². The summed E-state index contributed by atoms with van der Waals surface area (Å²) in [6.07, 6.45) is 2.44. The fourth-order valence-corrected chi connectivity index (χ4v) is 4.70. The SMILES string of the molecule is CCC(Oc1ccc2c(c1)C(c1ccc(F)cc1)N(C(=O)C1CC1)CC2)C(=O)Nc1ccccc1. The Morgan fingerprint density at radius 1 is 1.06 bits per heavy atom. The summed E-state index contributed by atoms with van der Waals surface area (Å²) in [6, 6.07) is 21.2. The number of hydrogen-bond acceptors (Lipinski definition) is 3. The second-order valence-electron chi connectivity index (χ2n) is 9.24. The number of amides is 2. The quantitative estimate of drug-likeness (QED) is 0.494. The maximum atomic E-state index is 13.7. The average molecular weight is 473 g/mol. The minimum absolute atomic E-state index is 0.0880. The monoisotopic (exact) mass is 472 g/mol. The highest BCUT2D eigenvalue weighted by Gasteiger charge is 2.39. The summed E-state index contributed by atoms with van der Waals surface area (Å²) < 4.78 is 19.8. The summed E-state index contributed by atoms with van der Waals surface area (Å²) in [5.74, 6) is 0.302. The van der Waals surface area contributed by atoms with Gasteiger partial charge in [-0.15, -0.1) is 0 Å². The Hall–Kier alpha value is -3.67. The van der Waals surface area contributed by atoms with E-state index in [1.54, 1.807) is 12.1 Å². The Kier molecular flexibility index (Phi) is 6.53. The molecule has 0 spiro atoms. The first-order valence-electron chi connectivity index (χ1n) is 12.2. The van der Waals surface area contributed by atoms with Gasteiger partial charge in [0.25, 0.3) is 5.91 Å². The first kappa shape index (κ1) is 23.1. The van der Waals surface area contributed by atoms with Crippen molar-refractivity contribution in [3.8, 4) is 5.75 Å². The minimum Gasteiger partial charge on any atom is -0.481 e. The molecule has 0 radical (unpaired) electrons. The molecule has 5 nitrogen and oxygen atoms in total. The number of nitrogens with zero attached hydrogens (tertiary/aromatic N) is 1. The Bertz CT molecular complexity index is 1210. The third-order valence-electron chi connectivity index (χ3n) is 6.72. The van der Waals surface area contributed by atoms with Gasteiger partial charge in [-0.3, -0.25) is 9.59 Å². The second kappa shape index (κ2) is 9.90. The van der Waals surface area contributed by atoms with Crippen molar-refractivity contribution >= 4 is 17.5 Å². The lowest BCUT2D eigenvalue weighted by atomic mass is 9.87. The van der Waals surface area contributed by atoms with Crippen LogP contribution in [0, 0.1) is 11.7 Å². The molecule has 0 bridgehead atoms. The predicted octanol–water partition coefficient (Wildman–Crippen LogP) is 5.51. The first-order chi connectivity index (χ1) is 17.0. The van der Waals surface area contributed by atoms with E-state index in [0.29, 0.717) is 18.7 Å². The lowest BCUT2D eigenvalue weighted by Gasteiger charge is -2.38. The van der Waals surface area contributed by atoms with Crippen molar-refractivity contribution < 1.29 is 18.7 Å². The maximum Gasteiger partial charge on any atom is 0.265 e. The molecular weight excluding hydrogens is 443 g/mol. The van der Waals surface area contributed by atoms with Gasteiger partial charge in [0.1, 0.15) is 11.6 Å². The van der Waals surface area contributed by atoms with Crippen molar-refractivity contribution in [1.29, 1.82) is 0 Å². The molecule has 0 saturated heterocycles. The predicted molar refractivity (Wildman–Crippen MR) is 133 cm³/mol. The van der Waals surface area contributed by atoms with E-state index >= 15 is 0 Å². The number of rotatable bonds is 7. The number of benzene rings is 3. The molecule has 1 fully saturated rings. The summed E-state index contributed by atoms with van der Waals surface area (Å²) >= 11 is 0. The molecular formula is C29H29FN2O3. The molecule has 2 atom stereocenters. The molecule has 6 heteroatoms. The zero-order valence-electron chi connectivity index (χ0n) is 19.7. The molecule has 2 aliphatic rings. The number of para-hydroxylation sites is 1. The summed E-state index contributed by atoms with van der Waals surface area (Å²) in [5, 5.41) is 2.90. The molecule has 35 heavy (non-hydrogen) atoms. The zero-order chi connectivity index (χ0) is 24.4. The molecule has 1 N–H and O–H groups in total. The largest absolute Gasteiger partial charge is 0.481 e. The molecule has 1 aliphatic heterocycles. The van der Waals surface area contributed by atoms with Gasteiger partial charge in [-0.2, -0.15) is 0 Å². The number of nitrogens with one attached hydrogen (secondary N) is 1. The lowest BCUT2D eigenvalue weighted by molar-refractivity contribution is -0.134. The van der Waals surface area contributed by atoms with Gasteiger partial charge in [0, 0.05) is 18.2 Å². The van der Waals surface area contributed by atoms with Crippen LogP contribution in [0.2, 0.25) is 0 Å². The van der Waals surface area contributed by atoms with Crippen molar-refractivity contribution in [2.24, 2.45) is 5.92 Å². The molecule has 1 aliphatic carbocycles. The summed E-state index contributed by atoms with van der Waals surface area (Å²) in [5.41, 5.74) is 3.68. The van der Waals surface area contributed by atoms with E-state index < -0.39 is 6.10 Å². The molecule has 180 valence electrons. The highest BCUT2D eigenvalue weighted by Crippen LogP contribution is 2.41. The van der Waals surface area contributed by atoms with Crippen LogP contribution in [-0.4, -0.2) is 29.4 Å². The van der Waals surface area contributed by atoms with Crippen LogP contribution in [0.1, 0.15) is 48.9 Å². The van der Waals surface area contributed by atoms with Crippen LogP contribution in [0.3, 0.4) is 0 Å². The van der Waals surface area contributed by atoms with Crippen LogP contribution in [0.15, 0.2) is 72.8 Å². The van der Waals surface area contributed by atoms with Gasteiger partial charge in [-0.05, 0) is 78.8 Å². The minimum atomic E-state index is -0.662. The normalized spacial score (nSPS) is 17.9. The van der Waals surface area contributed by atoms with Crippen LogP contribution >= 0.6 is 0 Å². The lowest BCUT2D eigenvalue weighted by Crippen LogP contribution is -2.41. The summed E-state index contributed by atoms with van der Waals surface area (Å²) in [7, 11) is 0. The van der Waals surface area contributed by atoms with Gasteiger partial charge < -0.3 is 15.0 Å². The fourth-order valence-electron chi connectivity index (χ4n) is 4.70. The van der Waals surface area contributed by atoms with E-state index in [-0.39, 0.29) is 29.6 Å². The smallest absolute Gasteiger partial charge is 0.265 e.